The van der Waals surface area contributed by atoms with Crippen LogP contribution in [0.2, 0.25) is 0 Å². The second kappa shape index (κ2) is 10.4. The zero-order valence-electron chi connectivity index (χ0n) is 16.5. The summed E-state index contributed by atoms with van der Waals surface area (Å²) in [4.78, 5) is 38.8. The number of carbonyl (C=O) groups is 3. The maximum atomic E-state index is 12.6. The van der Waals surface area contributed by atoms with Crippen LogP contribution in [0.1, 0.15) is 35.2 Å². The molecule has 3 amide bonds. The molecule has 1 heterocycles. The summed E-state index contributed by atoms with van der Waals surface area (Å²) >= 11 is 0. The highest BCUT2D eigenvalue weighted by Gasteiger charge is 2.33. The van der Waals surface area contributed by atoms with E-state index in [1.54, 1.807) is 29.2 Å². The molecule has 0 unspecified atom stereocenters. The Morgan fingerprint density at radius 3 is 2.28 bits per heavy atom. The molecule has 0 spiro atoms. The van der Waals surface area contributed by atoms with E-state index in [2.05, 4.69) is 10.6 Å². The first kappa shape index (κ1) is 20.6. The Balaban J connectivity index is 1.41. The van der Waals surface area contributed by atoms with Crippen LogP contribution >= 0.6 is 0 Å². The number of nitrogens with zero attached hydrogens (tertiary/aromatic N) is 1. The molecular formula is C23H27N3O3. The molecule has 1 atom stereocenters. The molecule has 152 valence electrons. The highest BCUT2D eigenvalue weighted by Crippen LogP contribution is 2.19. The van der Waals surface area contributed by atoms with Crippen molar-refractivity contribution in [2.75, 3.05) is 19.6 Å². The number of aryl methyl sites for hydroxylation is 1. The number of carbonyl (C=O) groups excluding carboxylic acids is 3. The summed E-state index contributed by atoms with van der Waals surface area (Å²) in [6.07, 6.45) is 2.59. The van der Waals surface area contributed by atoms with E-state index < -0.39 is 6.04 Å². The summed E-state index contributed by atoms with van der Waals surface area (Å²) < 4.78 is 0. The van der Waals surface area contributed by atoms with E-state index in [-0.39, 0.29) is 17.7 Å². The average Bonchev–Trinajstić information content (AvgIpc) is 3.26. The Kier molecular flexibility index (Phi) is 7.39. The summed E-state index contributed by atoms with van der Waals surface area (Å²) in [5, 5.41) is 5.63. The number of benzene rings is 2. The molecule has 0 saturated carbocycles. The zero-order valence-corrected chi connectivity index (χ0v) is 16.5. The van der Waals surface area contributed by atoms with E-state index in [0.29, 0.717) is 44.5 Å². The van der Waals surface area contributed by atoms with Gasteiger partial charge in [-0.2, -0.15) is 0 Å². The van der Waals surface area contributed by atoms with Crippen LogP contribution in [0.4, 0.5) is 0 Å². The number of rotatable bonds is 8. The largest absolute Gasteiger partial charge is 0.353 e. The van der Waals surface area contributed by atoms with E-state index in [1.165, 1.54) is 0 Å². The van der Waals surface area contributed by atoms with Gasteiger partial charge in [0.15, 0.2) is 0 Å². The van der Waals surface area contributed by atoms with Crippen LogP contribution < -0.4 is 10.6 Å². The number of hydrogen-bond acceptors (Lipinski definition) is 3. The van der Waals surface area contributed by atoms with Crippen molar-refractivity contribution in [1.82, 2.24) is 15.5 Å². The fourth-order valence-electron chi connectivity index (χ4n) is 3.55. The number of likely N-dealkylation sites (tertiary alicyclic amines) is 1. The summed E-state index contributed by atoms with van der Waals surface area (Å²) in [5.74, 6) is -0.299. The van der Waals surface area contributed by atoms with Crippen molar-refractivity contribution in [3.8, 4) is 0 Å². The van der Waals surface area contributed by atoms with Crippen molar-refractivity contribution in [2.45, 2.75) is 31.7 Å². The minimum Gasteiger partial charge on any atom is -0.353 e. The Morgan fingerprint density at radius 2 is 1.55 bits per heavy atom. The molecule has 1 fully saturated rings. The fourth-order valence-corrected chi connectivity index (χ4v) is 3.55. The number of amides is 3. The third kappa shape index (κ3) is 5.91. The molecule has 2 aromatic carbocycles. The molecule has 1 aliphatic heterocycles. The molecule has 1 aliphatic rings. The quantitative estimate of drug-likeness (QED) is 0.675. The number of nitrogens with one attached hydrogen (secondary N) is 2. The first-order valence-electron chi connectivity index (χ1n) is 10.1. The average molecular weight is 393 g/mol. The zero-order chi connectivity index (χ0) is 20.5. The van der Waals surface area contributed by atoms with Gasteiger partial charge in [-0.3, -0.25) is 14.4 Å². The lowest BCUT2D eigenvalue weighted by molar-refractivity contribution is -0.138. The lowest BCUT2D eigenvalue weighted by Crippen LogP contribution is -2.47. The van der Waals surface area contributed by atoms with Gasteiger partial charge in [0.2, 0.25) is 11.8 Å². The van der Waals surface area contributed by atoms with Gasteiger partial charge in [0.05, 0.1) is 0 Å². The molecule has 1 saturated heterocycles. The van der Waals surface area contributed by atoms with E-state index >= 15 is 0 Å². The van der Waals surface area contributed by atoms with Gasteiger partial charge in [-0.15, -0.1) is 0 Å². The first-order chi connectivity index (χ1) is 14.1. The first-order valence-corrected chi connectivity index (χ1v) is 10.1. The maximum absolute atomic E-state index is 12.6. The highest BCUT2D eigenvalue weighted by molar-refractivity contribution is 5.94. The van der Waals surface area contributed by atoms with Gasteiger partial charge in [-0.1, -0.05) is 48.5 Å². The standard InChI is InChI=1S/C23H27N3O3/c27-21(14-13-18-8-3-1-4-9-18)26-17-7-12-20(26)23(29)25-16-15-24-22(28)19-10-5-2-6-11-19/h1-6,8-11,20H,7,12-17H2,(H,24,28)(H,25,29)/t20-/m0/s1. The Labute approximate surface area is 171 Å². The highest BCUT2D eigenvalue weighted by atomic mass is 16.2. The Bertz CT molecular complexity index is 824. The van der Waals surface area contributed by atoms with Crippen LogP contribution in [-0.4, -0.2) is 48.3 Å². The molecule has 3 rings (SSSR count). The topological polar surface area (TPSA) is 78.5 Å². The van der Waals surface area contributed by atoms with Gasteiger partial charge in [-0.25, -0.2) is 0 Å². The second-order valence-corrected chi connectivity index (χ2v) is 7.14. The summed E-state index contributed by atoms with van der Waals surface area (Å²) in [6, 6.07) is 18.4. The predicted molar refractivity (Wildman–Crippen MR) is 111 cm³/mol. The van der Waals surface area contributed by atoms with E-state index in [0.717, 1.165) is 12.0 Å². The van der Waals surface area contributed by atoms with Crippen LogP contribution in [0.3, 0.4) is 0 Å². The summed E-state index contributed by atoms with van der Waals surface area (Å²) in [7, 11) is 0. The molecule has 0 radical (unpaired) electrons. The minimum atomic E-state index is -0.414. The molecule has 2 N–H and O–H groups in total. The van der Waals surface area contributed by atoms with Gasteiger partial charge < -0.3 is 15.5 Å². The van der Waals surface area contributed by atoms with Crippen molar-refractivity contribution in [3.63, 3.8) is 0 Å². The smallest absolute Gasteiger partial charge is 0.251 e. The maximum Gasteiger partial charge on any atom is 0.251 e. The molecule has 6 nitrogen and oxygen atoms in total. The molecule has 0 bridgehead atoms. The lowest BCUT2D eigenvalue weighted by atomic mass is 10.1. The van der Waals surface area contributed by atoms with Crippen molar-refractivity contribution in [3.05, 3.63) is 71.8 Å². The molecular weight excluding hydrogens is 366 g/mol. The molecule has 0 aromatic heterocycles. The summed E-state index contributed by atoms with van der Waals surface area (Å²) in [6.45, 7) is 1.30. The lowest BCUT2D eigenvalue weighted by Gasteiger charge is -2.24. The Hall–Kier alpha value is -3.15. The fraction of sp³-hybridized carbons (Fsp3) is 0.348. The van der Waals surface area contributed by atoms with E-state index in [9.17, 15) is 14.4 Å². The monoisotopic (exact) mass is 393 g/mol. The molecule has 2 aromatic rings. The van der Waals surface area contributed by atoms with Crippen LogP contribution in [0.5, 0.6) is 0 Å². The third-order valence-electron chi connectivity index (χ3n) is 5.09. The predicted octanol–water partition coefficient (Wildman–Crippen LogP) is 2.16. The SMILES string of the molecule is O=C(NCCNC(=O)[C@@H]1CCCN1C(=O)CCc1ccccc1)c1ccccc1. The van der Waals surface area contributed by atoms with Crippen molar-refractivity contribution in [1.29, 1.82) is 0 Å². The van der Waals surface area contributed by atoms with Crippen molar-refractivity contribution < 1.29 is 14.4 Å². The minimum absolute atomic E-state index is 0.0175. The van der Waals surface area contributed by atoms with Gasteiger partial charge in [0.25, 0.3) is 5.91 Å². The van der Waals surface area contributed by atoms with Crippen LogP contribution in [0.15, 0.2) is 60.7 Å². The normalized spacial score (nSPS) is 15.7. The van der Waals surface area contributed by atoms with Crippen molar-refractivity contribution >= 4 is 17.7 Å². The molecule has 29 heavy (non-hydrogen) atoms. The summed E-state index contributed by atoms with van der Waals surface area (Å²) in [5.41, 5.74) is 1.71. The van der Waals surface area contributed by atoms with Gasteiger partial charge in [-0.05, 0) is 37.0 Å². The van der Waals surface area contributed by atoms with Gasteiger partial charge >= 0.3 is 0 Å². The molecule has 6 heteroatoms. The van der Waals surface area contributed by atoms with Crippen molar-refractivity contribution in [2.24, 2.45) is 0 Å². The number of hydrogen-bond donors (Lipinski definition) is 2. The van der Waals surface area contributed by atoms with Gasteiger partial charge in [0, 0.05) is 31.6 Å². The van der Waals surface area contributed by atoms with E-state index in [1.807, 2.05) is 36.4 Å². The van der Waals surface area contributed by atoms with Crippen LogP contribution in [-0.2, 0) is 16.0 Å². The molecule has 0 aliphatic carbocycles. The van der Waals surface area contributed by atoms with Crippen LogP contribution in [0.25, 0.3) is 0 Å². The second-order valence-electron chi connectivity index (χ2n) is 7.14. The van der Waals surface area contributed by atoms with E-state index in [4.69, 9.17) is 0 Å². The van der Waals surface area contributed by atoms with Gasteiger partial charge in [0.1, 0.15) is 6.04 Å². The Morgan fingerprint density at radius 1 is 0.897 bits per heavy atom. The third-order valence-corrected chi connectivity index (χ3v) is 5.09. The van der Waals surface area contributed by atoms with Crippen LogP contribution in [0, 0.1) is 0 Å².